The van der Waals surface area contributed by atoms with Crippen molar-refractivity contribution in [3.63, 3.8) is 0 Å². The minimum Gasteiger partial charge on any atom is -0.378 e. The lowest BCUT2D eigenvalue weighted by atomic mass is 10.0. The number of rotatable bonds is 3. The highest BCUT2D eigenvalue weighted by Crippen LogP contribution is 2.17. The molecular weight excluding hydrogens is 152 g/mol. The van der Waals surface area contributed by atoms with Crippen molar-refractivity contribution in [2.24, 2.45) is 5.92 Å². The second kappa shape index (κ2) is 3.88. The van der Waals surface area contributed by atoms with Crippen LogP contribution in [0.25, 0.3) is 0 Å². The molecule has 1 fully saturated rings. The van der Waals surface area contributed by atoms with Gasteiger partial charge in [0, 0.05) is 13.0 Å². The van der Waals surface area contributed by atoms with Gasteiger partial charge in [-0.05, 0) is 12.5 Å². The van der Waals surface area contributed by atoms with Gasteiger partial charge in [0.2, 0.25) is 0 Å². The Bertz CT molecular complexity index is 177. The van der Waals surface area contributed by atoms with Gasteiger partial charge in [-0.25, -0.2) is 0 Å². The molecule has 1 saturated heterocycles. The van der Waals surface area contributed by atoms with Crippen LogP contribution in [0.5, 0.6) is 0 Å². The number of ether oxygens (including phenoxy) is 1. The molecule has 1 N–H and O–H groups in total. The van der Waals surface area contributed by atoms with E-state index in [1.807, 2.05) is 0 Å². The van der Waals surface area contributed by atoms with E-state index in [9.17, 15) is 0 Å². The minimum atomic E-state index is -0.399. The monoisotopic (exact) mass is 168 g/mol. The van der Waals surface area contributed by atoms with Crippen molar-refractivity contribution >= 4 is 0 Å². The first-order valence-corrected chi connectivity index (χ1v) is 4.42. The highest BCUT2D eigenvalue weighted by molar-refractivity contribution is 5.09. The largest absolute Gasteiger partial charge is 0.378 e. The van der Waals surface area contributed by atoms with Crippen molar-refractivity contribution in [1.29, 1.82) is 5.26 Å². The molecule has 0 bridgehead atoms. The van der Waals surface area contributed by atoms with E-state index in [-0.39, 0.29) is 0 Å². The van der Waals surface area contributed by atoms with Gasteiger partial charge in [0.05, 0.1) is 12.7 Å². The molecule has 1 atom stereocenters. The summed E-state index contributed by atoms with van der Waals surface area (Å²) in [5.41, 5.74) is -0.399. The maximum Gasteiger partial charge on any atom is 0.132 e. The molecule has 3 heteroatoms. The van der Waals surface area contributed by atoms with Crippen molar-refractivity contribution in [3.8, 4) is 6.07 Å². The normalized spacial score (nSPS) is 29.2. The van der Waals surface area contributed by atoms with Gasteiger partial charge in [0.25, 0.3) is 0 Å². The molecule has 68 valence electrons. The molecule has 1 aliphatic rings. The van der Waals surface area contributed by atoms with Gasteiger partial charge in [-0.3, -0.25) is 5.32 Å². The number of nitriles is 1. The average molecular weight is 168 g/mol. The zero-order chi connectivity index (χ0) is 9.03. The molecule has 0 spiro atoms. The van der Waals surface area contributed by atoms with E-state index < -0.39 is 5.54 Å². The molecule has 1 unspecified atom stereocenters. The molecule has 0 radical (unpaired) electrons. The first kappa shape index (κ1) is 9.50. The van der Waals surface area contributed by atoms with Crippen molar-refractivity contribution in [2.45, 2.75) is 25.8 Å². The summed E-state index contributed by atoms with van der Waals surface area (Å²) in [5, 5.41) is 12.2. The summed E-state index contributed by atoms with van der Waals surface area (Å²) in [6.45, 7) is 6.40. The summed E-state index contributed by atoms with van der Waals surface area (Å²) in [4.78, 5) is 0. The summed E-state index contributed by atoms with van der Waals surface area (Å²) < 4.78 is 5.20. The summed E-state index contributed by atoms with van der Waals surface area (Å²) in [7, 11) is 0. The zero-order valence-corrected chi connectivity index (χ0v) is 7.76. The van der Waals surface area contributed by atoms with Crippen molar-refractivity contribution in [3.05, 3.63) is 0 Å². The Labute approximate surface area is 73.7 Å². The van der Waals surface area contributed by atoms with E-state index in [4.69, 9.17) is 10.00 Å². The Kier molecular flexibility index (Phi) is 3.07. The Hall–Kier alpha value is -0.590. The lowest BCUT2D eigenvalue weighted by molar-refractivity contribution is 0.179. The van der Waals surface area contributed by atoms with Gasteiger partial charge in [0.15, 0.2) is 0 Å². The van der Waals surface area contributed by atoms with E-state index in [1.54, 1.807) is 0 Å². The summed E-state index contributed by atoms with van der Waals surface area (Å²) in [6.07, 6.45) is 0.816. The fourth-order valence-electron chi connectivity index (χ4n) is 1.23. The highest BCUT2D eigenvalue weighted by atomic mass is 16.5. The van der Waals surface area contributed by atoms with Gasteiger partial charge in [-0.1, -0.05) is 13.8 Å². The molecule has 0 saturated carbocycles. The standard InChI is InChI=1S/C9H16N2O/c1-8(2)5-11-9(6-10)3-4-12-7-9/h8,11H,3-5,7H2,1-2H3. The molecule has 3 nitrogen and oxygen atoms in total. The highest BCUT2D eigenvalue weighted by Gasteiger charge is 2.34. The van der Waals surface area contributed by atoms with Crippen LogP contribution < -0.4 is 5.32 Å². The fourth-order valence-corrected chi connectivity index (χ4v) is 1.23. The molecule has 0 aromatic heterocycles. The Morgan fingerprint density at radius 2 is 2.42 bits per heavy atom. The van der Waals surface area contributed by atoms with E-state index in [0.717, 1.165) is 13.0 Å². The van der Waals surface area contributed by atoms with Gasteiger partial charge < -0.3 is 4.74 Å². The third-order valence-corrected chi connectivity index (χ3v) is 2.08. The number of hydrogen-bond donors (Lipinski definition) is 1. The molecule has 12 heavy (non-hydrogen) atoms. The second-order valence-electron chi connectivity index (χ2n) is 3.77. The maximum atomic E-state index is 8.94. The maximum absolute atomic E-state index is 8.94. The summed E-state index contributed by atoms with van der Waals surface area (Å²) >= 11 is 0. The van der Waals surface area contributed by atoms with Crippen molar-refractivity contribution < 1.29 is 4.74 Å². The van der Waals surface area contributed by atoms with Crippen LogP contribution >= 0.6 is 0 Å². The molecule has 1 aliphatic heterocycles. The van der Waals surface area contributed by atoms with Crippen LogP contribution in [0.15, 0.2) is 0 Å². The van der Waals surface area contributed by atoms with Gasteiger partial charge in [0.1, 0.15) is 5.54 Å². The quantitative estimate of drug-likeness (QED) is 0.681. The van der Waals surface area contributed by atoms with Crippen LogP contribution in [-0.2, 0) is 4.74 Å². The Balaban J connectivity index is 2.41. The van der Waals surface area contributed by atoms with Crippen LogP contribution in [-0.4, -0.2) is 25.3 Å². The molecule has 0 aliphatic carbocycles. The van der Waals surface area contributed by atoms with E-state index >= 15 is 0 Å². The first-order valence-electron chi connectivity index (χ1n) is 4.42. The Morgan fingerprint density at radius 3 is 2.83 bits per heavy atom. The van der Waals surface area contributed by atoms with Crippen LogP contribution in [0.3, 0.4) is 0 Å². The predicted octanol–water partition coefficient (Wildman–Crippen LogP) is 0.915. The van der Waals surface area contributed by atoms with E-state index in [0.29, 0.717) is 19.1 Å². The predicted molar refractivity (Wildman–Crippen MR) is 46.6 cm³/mol. The molecule has 0 aromatic rings. The molecule has 0 amide bonds. The smallest absolute Gasteiger partial charge is 0.132 e. The number of hydrogen-bond acceptors (Lipinski definition) is 3. The van der Waals surface area contributed by atoms with Gasteiger partial charge in [-0.15, -0.1) is 0 Å². The van der Waals surface area contributed by atoms with Gasteiger partial charge in [-0.2, -0.15) is 5.26 Å². The second-order valence-corrected chi connectivity index (χ2v) is 3.77. The summed E-state index contributed by atoms with van der Waals surface area (Å²) in [6, 6.07) is 2.30. The van der Waals surface area contributed by atoms with Crippen LogP contribution in [0.1, 0.15) is 20.3 Å². The topological polar surface area (TPSA) is 45.0 Å². The fraction of sp³-hybridized carbons (Fsp3) is 0.889. The molecule has 0 aromatic carbocycles. The van der Waals surface area contributed by atoms with E-state index in [1.165, 1.54) is 0 Å². The molecule has 1 heterocycles. The Morgan fingerprint density at radius 1 is 1.67 bits per heavy atom. The lowest BCUT2D eigenvalue weighted by Gasteiger charge is -2.21. The van der Waals surface area contributed by atoms with Crippen LogP contribution in [0.4, 0.5) is 0 Å². The molecular formula is C9H16N2O. The summed E-state index contributed by atoms with van der Waals surface area (Å²) in [5.74, 6) is 0.579. The van der Waals surface area contributed by atoms with E-state index in [2.05, 4.69) is 25.2 Å². The van der Waals surface area contributed by atoms with Crippen molar-refractivity contribution in [2.75, 3.05) is 19.8 Å². The average Bonchev–Trinajstić information content (AvgIpc) is 2.50. The number of nitrogens with zero attached hydrogens (tertiary/aromatic N) is 1. The van der Waals surface area contributed by atoms with Crippen LogP contribution in [0.2, 0.25) is 0 Å². The third-order valence-electron chi connectivity index (χ3n) is 2.08. The van der Waals surface area contributed by atoms with Crippen molar-refractivity contribution in [1.82, 2.24) is 5.32 Å². The zero-order valence-electron chi connectivity index (χ0n) is 7.76. The first-order chi connectivity index (χ1) is 5.68. The van der Waals surface area contributed by atoms with Gasteiger partial charge >= 0.3 is 0 Å². The molecule has 1 rings (SSSR count). The SMILES string of the molecule is CC(C)CNC1(C#N)CCOC1. The lowest BCUT2D eigenvalue weighted by Crippen LogP contribution is -2.46. The third kappa shape index (κ3) is 2.20. The van der Waals surface area contributed by atoms with Crippen LogP contribution in [0, 0.1) is 17.2 Å². The minimum absolute atomic E-state index is 0.399. The number of nitrogens with one attached hydrogen (secondary N) is 1.